The van der Waals surface area contributed by atoms with E-state index in [4.69, 9.17) is 11.6 Å². The van der Waals surface area contributed by atoms with Crippen molar-refractivity contribution in [2.24, 2.45) is 0 Å². The van der Waals surface area contributed by atoms with Gasteiger partial charge in [-0.2, -0.15) is 5.10 Å². The summed E-state index contributed by atoms with van der Waals surface area (Å²) in [6, 6.07) is 1.96. The maximum atomic E-state index is 5.52. The monoisotopic (exact) mass is 193 g/mol. The number of fused-ring (bicyclic) bond motifs is 1. The van der Waals surface area contributed by atoms with Gasteiger partial charge in [0, 0.05) is 11.3 Å². The van der Waals surface area contributed by atoms with Gasteiger partial charge in [-0.05, 0) is 12.1 Å². The van der Waals surface area contributed by atoms with Crippen molar-refractivity contribution in [1.29, 1.82) is 0 Å². The molecule has 4 heteroatoms. The van der Waals surface area contributed by atoms with E-state index < -0.39 is 0 Å². The third-order valence-corrected chi connectivity index (χ3v) is 1.90. The summed E-state index contributed by atoms with van der Waals surface area (Å²) in [7, 11) is 0. The van der Waals surface area contributed by atoms with Crippen molar-refractivity contribution >= 4 is 28.6 Å². The summed E-state index contributed by atoms with van der Waals surface area (Å²) in [5.74, 6) is 0.505. The highest BCUT2D eigenvalue weighted by molar-refractivity contribution is 6.19. The standard InChI is InChI=1S/C9H8ClN3/c10-3-1-2-8-4-7-5-12-13-9(7)6-11-8/h1-2,4-6H,3H2,(H,12,13). The summed E-state index contributed by atoms with van der Waals surface area (Å²) in [6.07, 6.45) is 7.28. The molecule has 0 saturated carbocycles. The highest BCUT2D eigenvalue weighted by atomic mass is 35.5. The molecule has 0 saturated heterocycles. The number of alkyl halides is 1. The van der Waals surface area contributed by atoms with E-state index in [2.05, 4.69) is 15.2 Å². The van der Waals surface area contributed by atoms with Gasteiger partial charge in [0.1, 0.15) is 0 Å². The van der Waals surface area contributed by atoms with E-state index >= 15 is 0 Å². The molecule has 0 spiro atoms. The molecule has 0 radical (unpaired) electrons. The van der Waals surface area contributed by atoms with E-state index in [1.807, 2.05) is 18.2 Å². The molecule has 0 aliphatic heterocycles. The third kappa shape index (κ3) is 1.70. The van der Waals surface area contributed by atoms with Gasteiger partial charge in [0.15, 0.2) is 0 Å². The van der Waals surface area contributed by atoms with Crippen LogP contribution in [0.5, 0.6) is 0 Å². The number of H-pyrrole nitrogens is 1. The van der Waals surface area contributed by atoms with Gasteiger partial charge in [0.2, 0.25) is 0 Å². The molecule has 0 aliphatic carbocycles. The van der Waals surface area contributed by atoms with Crippen LogP contribution in [0, 0.1) is 0 Å². The van der Waals surface area contributed by atoms with Crippen molar-refractivity contribution in [2.45, 2.75) is 0 Å². The van der Waals surface area contributed by atoms with Crippen LogP contribution >= 0.6 is 11.6 Å². The van der Waals surface area contributed by atoms with Gasteiger partial charge in [-0.15, -0.1) is 11.6 Å². The highest BCUT2D eigenvalue weighted by Gasteiger charge is 1.95. The maximum absolute atomic E-state index is 5.52. The van der Waals surface area contributed by atoms with Crippen molar-refractivity contribution in [2.75, 3.05) is 5.88 Å². The second-order valence-electron chi connectivity index (χ2n) is 2.62. The average Bonchev–Trinajstić information content (AvgIpc) is 2.61. The molecule has 0 bridgehead atoms. The number of pyridine rings is 1. The van der Waals surface area contributed by atoms with Gasteiger partial charge in [-0.1, -0.05) is 6.08 Å². The van der Waals surface area contributed by atoms with E-state index in [0.717, 1.165) is 16.6 Å². The predicted molar refractivity (Wildman–Crippen MR) is 53.6 cm³/mol. The summed E-state index contributed by atoms with van der Waals surface area (Å²) in [5.41, 5.74) is 1.84. The third-order valence-electron chi connectivity index (χ3n) is 1.72. The number of aromatic nitrogens is 3. The fraction of sp³-hybridized carbons (Fsp3) is 0.111. The summed E-state index contributed by atoms with van der Waals surface area (Å²) in [4.78, 5) is 4.20. The van der Waals surface area contributed by atoms with E-state index in [-0.39, 0.29) is 0 Å². The molecule has 2 aromatic heterocycles. The van der Waals surface area contributed by atoms with Crippen LogP contribution in [-0.2, 0) is 0 Å². The van der Waals surface area contributed by atoms with Crippen LogP contribution < -0.4 is 0 Å². The SMILES string of the molecule is ClCC=Cc1cc2cn[nH]c2cn1. The Morgan fingerprint density at radius 1 is 1.46 bits per heavy atom. The lowest BCUT2D eigenvalue weighted by molar-refractivity contribution is 1.11. The molecule has 0 aliphatic rings. The number of hydrogen-bond donors (Lipinski definition) is 1. The second kappa shape index (κ2) is 3.58. The molecular weight excluding hydrogens is 186 g/mol. The van der Waals surface area contributed by atoms with Crippen LogP contribution in [0.3, 0.4) is 0 Å². The fourth-order valence-electron chi connectivity index (χ4n) is 1.12. The Balaban J connectivity index is 2.42. The van der Waals surface area contributed by atoms with Crippen molar-refractivity contribution in [3.05, 3.63) is 30.2 Å². The quantitative estimate of drug-likeness (QED) is 0.743. The number of nitrogens with zero attached hydrogens (tertiary/aromatic N) is 2. The van der Waals surface area contributed by atoms with Crippen LogP contribution in [0.4, 0.5) is 0 Å². The number of allylic oxidation sites excluding steroid dienone is 1. The van der Waals surface area contributed by atoms with Crippen molar-refractivity contribution < 1.29 is 0 Å². The zero-order valence-electron chi connectivity index (χ0n) is 6.87. The van der Waals surface area contributed by atoms with Gasteiger partial charge < -0.3 is 0 Å². The van der Waals surface area contributed by atoms with Crippen LogP contribution in [0.25, 0.3) is 17.0 Å². The van der Waals surface area contributed by atoms with Crippen LogP contribution in [0.1, 0.15) is 5.69 Å². The van der Waals surface area contributed by atoms with E-state index in [0.29, 0.717) is 5.88 Å². The normalized spacial score (nSPS) is 11.5. The van der Waals surface area contributed by atoms with Crippen molar-refractivity contribution in [1.82, 2.24) is 15.2 Å². The summed E-state index contributed by atoms with van der Waals surface area (Å²) in [5, 5.41) is 7.81. The van der Waals surface area contributed by atoms with Gasteiger partial charge in [0.25, 0.3) is 0 Å². The van der Waals surface area contributed by atoms with E-state index in [9.17, 15) is 0 Å². The Hall–Kier alpha value is -1.35. The number of hydrogen-bond acceptors (Lipinski definition) is 2. The molecule has 0 aromatic carbocycles. The molecule has 0 unspecified atom stereocenters. The van der Waals surface area contributed by atoms with Crippen molar-refractivity contribution in [3.63, 3.8) is 0 Å². The van der Waals surface area contributed by atoms with Gasteiger partial charge >= 0.3 is 0 Å². The molecule has 13 heavy (non-hydrogen) atoms. The fourth-order valence-corrected chi connectivity index (χ4v) is 1.21. The Morgan fingerprint density at radius 3 is 3.23 bits per heavy atom. The first kappa shape index (κ1) is 8.26. The minimum Gasteiger partial charge on any atom is -0.276 e. The first-order chi connectivity index (χ1) is 6.40. The Kier molecular flexibility index (Phi) is 2.27. The van der Waals surface area contributed by atoms with Gasteiger partial charge in [0.05, 0.1) is 23.6 Å². The number of aromatic amines is 1. The minimum absolute atomic E-state index is 0.505. The lowest BCUT2D eigenvalue weighted by atomic mass is 10.2. The lowest BCUT2D eigenvalue weighted by Crippen LogP contribution is -1.79. The smallest absolute Gasteiger partial charge is 0.0833 e. The lowest BCUT2D eigenvalue weighted by Gasteiger charge is -1.91. The van der Waals surface area contributed by atoms with E-state index in [1.165, 1.54) is 0 Å². The summed E-state index contributed by atoms with van der Waals surface area (Å²) in [6.45, 7) is 0. The first-order valence-corrected chi connectivity index (χ1v) is 4.45. The summed E-state index contributed by atoms with van der Waals surface area (Å²) >= 11 is 5.52. The molecule has 1 N–H and O–H groups in total. The predicted octanol–water partition coefficient (Wildman–Crippen LogP) is 2.21. The zero-order valence-corrected chi connectivity index (χ0v) is 7.62. The summed E-state index contributed by atoms with van der Waals surface area (Å²) < 4.78 is 0. The Morgan fingerprint density at radius 2 is 2.38 bits per heavy atom. The van der Waals surface area contributed by atoms with Crippen LogP contribution in [0.2, 0.25) is 0 Å². The molecule has 2 aromatic rings. The molecule has 0 amide bonds. The number of rotatable bonds is 2. The molecule has 3 nitrogen and oxygen atoms in total. The molecule has 0 fully saturated rings. The molecular formula is C9H8ClN3. The number of halogens is 1. The Labute approximate surface area is 80.4 Å². The topological polar surface area (TPSA) is 41.6 Å². The second-order valence-corrected chi connectivity index (χ2v) is 2.93. The highest BCUT2D eigenvalue weighted by Crippen LogP contribution is 2.10. The van der Waals surface area contributed by atoms with Crippen LogP contribution in [0.15, 0.2) is 24.5 Å². The molecule has 0 atom stereocenters. The Bertz CT molecular complexity index is 433. The largest absolute Gasteiger partial charge is 0.276 e. The molecule has 2 heterocycles. The average molecular weight is 194 g/mol. The first-order valence-electron chi connectivity index (χ1n) is 3.92. The van der Waals surface area contributed by atoms with Crippen LogP contribution in [-0.4, -0.2) is 21.1 Å². The molecule has 2 rings (SSSR count). The van der Waals surface area contributed by atoms with Gasteiger partial charge in [-0.3, -0.25) is 10.1 Å². The zero-order chi connectivity index (χ0) is 9.10. The van der Waals surface area contributed by atoms with Gasteiger partial charge in [-0.25, -0.2) is 0 Å². The van der Waals surface area contributed by atoms with Crippen molar-refractivity contribution in [3.8, 4) is 0 Å². The molecule has 66 valence electrons. The maximum Gasteiger partial charge on any atom is 0.0833 e. The minimum atomic E-state index is 0.505. The number of nitrogens with one attached hydrogen (secondary N) is 1. The van der Waals surface area contributed by atoms with E-state index in [1.54, 1.807) is 12.4 Å².